The second-order valence-corrected chi connectivity index (χ2v) is 7.41. The highest BCUT2D eigenvalue weighted by Crippen LogP contribution is 2.27. The Hall–Kier alpha value is -2.31. The Kier molecular flexibility index (Phi) is 6.30. The van der Waals surface area contributed by atoms with Gasteiger partial charge in [-0.15, -0.1) is 11.8 Å². The summed E-state index contributed by atoms with van der Waals surface area (Å²) >= 11 is 1.34. The highest BCUT2D eigenvalue weighted by atomic mass is 32.2. The van der Waals surface area contributed by atoms with Crippen LogP contribution in [0.4, 0.5) is 5.69 Å². The largest absolute Gasteiger partial charge is 0.387 e. The first-order valence-corrected chi connectivity index (χ1v) is 9.68. The van der Waals surface area contributed by atoms with Gasteiger partial charge in [0.15, 0.2) is 0 Å². The van der Waals surface area contributed by atoms with Gasteiger partial charge in [-0.05, 0) is 30.0 Å². The van der Waals surface area contributed by atoms with Crippen molar-refractivity contribution in [1.29, 1.82) is 0 Å². The summed E-state index contributed by atoms with van der Waals surface area (Å²) in [7, 11) is 0. The van der Waals surface area contributed by atoms with Crippen LogP contribution in [0.5, 0.6) is 0 Å². The Morgan fingerprint density at radius 3 is 2.73 bits per heavy atom. The molecule has 2 atom stereocenters. The molecule has 0 aliphatic carbocycles. The van der Waals surface area contributed by atoms with Crippen molar-refractivity contribution in [3.05, 3.63) is 65.7 Å². The lowest BCUT2D eigenvalue weighted by Crippen LogP contribution is -2.32. The van der Waals surface area contributed by atoms with Crippen molar-refractivity contribution in [3.8, 4) is 0 Å². The molecule has 2 aromatic rings. The minimum absolute atomic E-state index is 0.0583. The molecule has 3 rings (SSSR count). The van der Waals surface area contributed by atoms with Crippen LogP contribution in [0.3, 0.4) is 0 Å². The lowest BCUT2D eigenvalue weighted by molar-refractivity contribution is -0.119. The Balaban J connectivity index is 1.45. The van der Waals surface area contributed by atoms with E-state index in [4.69, 9.17) is 0 Å². The normalized spacial score (nSPS) is 17.6. The van der Waals surface area contributed by atoms with E-state index >= 15 is 0 Å². The molecule has 0 radical (unpaired) electrons. The number of thioether (sulfide) groups is 1. The molecule has 6 heteroatoms. The average Bonchev–Trinajstić information content (AvgIpc) is 2.83. The van der Waals surface area contributed by atoms with Gasteiger partial charge in [-0.1, -0.05) is 48.5 Å². The van der Waals surface area contributed by atoms with Crippen LogP contribution in [0, 0.1) is 0 Å². The van der Waals surface area contributed by atoms with Crippen LogP contribution in [0.25, 0.3) is 0 Å². The van der Waals surface area contributed by atoms with Gasteiger partial charge < -0.3 is 15.7 Å². The molecular weight excluding hydrogens is 348 g/mol. The number of aliphatic hydroxyl groups excluding tert-OH is 1. The molecule has 1 aliphatic heterocycles. The maximum absolute atomic E-state index is 12.3. The maximum atomic E-state index is 12.3. The van der Waals surface area contributed by atoms with Gasteiger partial charge in [0.25, 0.3) is 0 Å². The van der Waals surface area contributed by atoms with Crippen LogP contribution < -0.4 is 10.6 Å². The van der Waals surface area contributed by atoms with Crippen LogP contribution in [-0.4, -0.2) is 34.5 Å². The van der Waals surface area contributed by atoms with E-state index in [1.807, 2.05) is 54.6 Å². The quantitative estimate of drug-likeness (QED) is 0.730. The number of amides is 2. The molecular formula is C20H22N2O3S. The number of para-hydroxylation sites is 1. The van der Waals surface area contributed by atoms with Crippen molar-refractivity contribution in [2.75, 3.05) is 17.6 Å². The fraction of sp³-hybridized carbons (Fsp3) is 0.300. The van der Waals surface area contributed by atoms with Crippen molar-refractivity contribution in [2.24, 2.45) is 0 Å². The Morgan fingerprint density at radius 1 is 1.19 bits per heavy atom. The van der Waals surface area contributed by atoms with Crippen LogP contribution in [-0.2, 0) is 16.0 Å². The number of carbonyl (C=O) groups is 2. The molecule has 0 unspecified atom stereocenters. The number of benzene rings is 2. The third-order valence-electron chi connectivity index (χ3n) is 4.34. The van der Waals surface area contributed by atoms with Gasteiger partial charge in [-0.2, -0.15) is 0 Å². The first-order valence-electron chi connectivity index (χ1n) is 8.63. The summed E-state index contributed by atoms with van der Waals surface area (Å²) in [5.74, 6) is -0.0488. The summed E-state index contributed by atoms with van der Waals surface area (Å²) in [4.78, 5) is 24.4. The smallest absolute Gasteiger partial charge is 0.237 e. The molecule has 0 saturated heterocycles. The summed E-state index contributed by atoms with van der Waals surface area (Å²) in [6.07, 6.45) is 0.773. The topological polar surface area (TPSA) is 78.4 Å². The van der Waals surface area contributed by atoms with E-state index in [1.165, 1.54) is 11.8 Å². The van der Waals surface area contributed by atoms with E-state index in [0.717, 1.165) is 23.2 Å². The first-order chi connectivity index (χ1) is 12.6. The van der Waals surface area contributed by atoms with Gasteiger partial charge in [0.05, 0.1) is 17.1 Å². The van der Waals surface area contributed by atoms with Crippen molar-refractivity contribution in [1.82, 2.24) is 5.32 Å². The zero-order chi connectivity index (χ0) is 18.4. The first kappa shape index (κ1) is 18.5. The molecule has 5 nitrogen and oxygen atoms in total. The van der Waals surface area contributed by atoms with Crippen LogP contribution in [0.2, 0.25) is 0 Å². The van der Waals surface area contributed by atoms with Crippen LogP contribution in [0.15, 0.2) is 54.6 Å². The van der Waals surface area contributed by atoms with E-state index in [1.54, 1.807) is 0 Å². The van der Waals surface area contributed by atoms with E-state index < -0.39 is 6.10 Å². The fourth-order valence-electron chi connectivity index (χ4n) is 2.88. The van der Waals surface area contributed by atoms with Crippen molar-refractivity contribution >= 4 is 29.3 Å². The molecule has 0 spiro atoms. The second-order valence-electron chi connectivity index (χ2n) is 6.22. The molecule has 0 fully saturated rings. The number of anilines is 1. The highest BCUT2D eigenvalue weighted by molar-refractivity contribution is 8.01. The third kappa shape index (κ3) is 4.86. The summed E-state index contributed by atoms with van der Waals surface area (Å²) in [6, 6.07) is 17.0. The van der Waals surface area contributed by atoms with E-state index in [9.17, 15) is 14.7 Å². The molecule has 0 bridgehead atoms. The summed E-state index contributed by atoms with van der Waals surface area (Å²) in [6.45, 7) is 0.158. The number of fused-ring (bicyclic) bond motifs is 1. The molecule has 2 aromatic carbocycles. The monoisotopic (exact) mass is 370 g/mol. The van der Waals surface area contributed by atoms with Crippen molar-refractivity contribution < 1.29 is 14.7 Å². The number of rotatable bonds is 6. The molecule has 2 amide bonds. The highest BCUT2D eigenvalue weighted by Gasteiger charge is 2.24. The molecule has 0 saturated carbocycles. The number of aryl methyl sites for hydroxylation is 1. The van der Waals surface area contributed by atoms with Gasteiger partial charge in [-0.25, -0.2) is 0 Å². The Morgan fingerprint density at radius 2 is 1.92 bits per heavy atom. The Bertz CT molecular complexity index is 767. The van der Waals surface area contributed by atoms with Gasteiger partial charge in [0.1, 0.15) is 0 Å². The van der Waals surface area contributed by atoms with E-state index in [2.05, 4.69) is 10.6 Å². The molecule has 136 valence electrons. The van der Waals surface area contributed by atoms with Gasteiger partial charge >= 0.3 is 0 Å². The number of aliphatic hydroxyl groups is 1. The lowest BCUT2D eigenvalue weighted by atomic mass is 10.1. The van der Waals surface area contributed by atoms with Gasteiger partial charge in [0, 0.05) is 12.2 Å². The number of hydrogen-bond donors (Lipinski definition) is 3. The summed E-state index contributed by atoms with van der Waals surface area (Å²) < 4.78 is 0. The van der Waals surface area contributed by atoms with Gasteiger partial charge in [-0.3, -0.25) is 9.59 Å². The predicted molar refractivity (Wildman–Crippen MR) is 104 cm³/mol. The molecule has 0 aromatic heterocycles. The standard InChI is InChI=1S/C20H22N2O3S/c23-17(15-7-2-1-3-8-15)12-21-19(24)13-26-18-11-10-14-6-4-5-9-16(14)22-20(18)25/h1-9,17-18,23H,10-13H2,(H,21,24)(H,22,25)/t17-,18-/m1/s1. The molecule has 1 aliphatic rings. The maximum Gasteiger partial charge on any atom is 0.237 e. The molecule has 3 N–H and O–H groups in total. The van der Waals surface area contributed by atoms with E-state index in [-0.39, 0.29) is 29.4 Å². The van der Waals surface area contributed by atoms with Crippen molar-refractivity contribution in [3.63, 3.8) is 0 Å². The summed E-state index contributed by atoms with van der Waals surface area (Å²) in [5.41, 5.74) is 2.75. The number of carbonyl (C=O) groups excluding carboxylic acids is 2. The van der Waals surface area contributed by atoms with Crippen molar-refractivity contribution in [2.45, 2.75) is 24.2 Å². The SMILES string of the molecule is O=C(CS[C@@H]1CCc2ccccc2NC1=O)NC[C@@H](O)c1ccccc1. The van der Waals surface area contributed by atoms with Crippen LogP contribution in [0.1, 0.15) is 23.7 Å². The third-order valence-corrected chi connectivity index (χ3v) is 5.62. The molecule has 26 heavy (non-hydrogen) atoms. The zero-order valence-corrected chi connectivity index (χ0v) is 15.2. The number of nitrogens with one attached hydrogen (secondary N) is 2. The van der Waals surface area contributed by atoms with E-state index in [0.29, 0.717) is 6.42 Å². The minimum atomic E-state index is -0.735. The molecule has 1 heterocycles. The zero-order valence-electron chi connectivity index (χ0n) is 14.4. The lowest BCUT2D eigenvalue weighted by Gasteiger charge is -2.14. The fourth-order valence-corrected chi connectivity index (χ4v) is 3.83. The predicted octanol–water partition coefficient (Wildman–Crippen LogP) is 2.52. The van der Waals surface area contributed by atoms with Gasteiger partial charge in [0.2, 0.25) is 11.8 Å². The Labute approximate surface area is 157 Å². The van der Waals surface area contributed by atoms with Crippen LogP contribution >= 0.6 is 11.8 Å². The second kappa shape index (κ2) is 8.87. The summed E-state index contributed by atoms with van der Waals surface area (Å²) in [5, 5.41) is 15.5. The number of hydrogen-bond acceptors (Lipinski definition) is 4. The minimum Gasteiger partial charge on any atom is -0.387 e. The average molecular weight is 370 g/mol.